The Morgan fingerprint density at radius 3 is 2.59 bits per heavy atom. The van der Waals surface area contributed by atoms with Crippen LogP contribution in [0.3, 0.4) is 0 Å². The van der Waals surface area contributed by atoms with E-state index in [1.165, 1.54) is 0 Å². The summed E-state index contributed by atoms with van der Waals surface area (Å²) in [4.78, 5) is 10.6. The molecule has 2 aromatic rings. The molecule has 2 rings (SSSR count). The lowest BCUT2D eigenvalue weighted by Gasteiger charge is -2.22. The molecule has 0 amide bonds. The van der Waals surface area contributed by atoms with Crippen molar-refractivity contribution in [1.29, 1.82) is 5.41 Å². The number of carbonyl (C=O) groups is 1. The van der Waals surface area contributed by atoms with Crippen LogP contribution in [0.2, 0.25) is 0 Å². The van der Waals surface area contributed by atoms with Gasteiger partial charge in [0.05, 0.1) is 12.7 Å². The number of hydrogen-bond donors (Lipinski definition) is 3. The number of nitrogens with one attached hydrogen (secondary N) is 1. The van der Waals surface area contributed by atoms with Crippen LogP contribution in [-0.4, -0.2) is 34.6 Å². The summed E-state index contributed by atoms with van der Waals surface area (Å²) in [6.07, 6.45) is 2.39. The monoisotopic (exact) mass is 371 g/mol. The van der Waals surface area contributed by atoms with E-state index in [4.69, 9.17) is 15.3 Å². The zero-order valence-electron chi connectivity index (χ0n) is 16.1. The molecule has 0 aliphatic rings. The van der Waals surface area contributed by atoms with E-state index in [9.17, 15) is 9.90 Å². The van der Waals surface area contributed by atoms with Crippen molar-refractivity contribution in [1.82, 2.24) is 0 Å². The SMILES string of the molecule is CCC(O)C(C)C(=N)c1c(OCCCCCC(=O)O)ccc2ccccc12. The highest BCUT2D eigenvalue weighted by atomic mass is 16.5. The van der Waals surface area contributed by atoms with Gasteiger partial charge in [-0.2, -0.15) is 0 Å². The van der Waals surface area contributed by atoms with Crippen LogP contribution < -0.4 is 4.74 Å². The lowest BCUT2D eigenvalue weighted by atomic mass is 9.89. The van der Waals surface area contributed by atoms with Crippen molar-refractivity contribution < 1.29 is 19.7 Å². The lowest BCUT2D eigenvalue weighted by Crippen LogP contribution is -2.25. The first-order valence-electron chi connectivity index (χ1n) is 9.59. The molecule has 2 atom stereocenters. The van der Waals surface area contributed by atoms with Crippen LogP contribution in [-0.2, 0) is 4.79 Å². The minimum Gasteiger partial charge on any atom is -0.493 e. The summed E-state index contributed by atoms with van der Waals surface area (Å²) >= 11 is 0. The van der Waals surface area contributed by atoms with Gasteiger partial charge in [0.1, 0.15) is 5.75 Å². The van der Waals surface area contributed by atoms with Crippen LogP contribution in [0.25, 0.3) is 10.8 Å². The van der Waals surface area contributed by atoms with Gasteiger partial charge in [-0.05, 0) is 42.5 Å². The van der Waals surface area contributed by atoms with Gasteiger partial charge >= 0.3 is 5.97 Å². The minimum atomic E-state index is -0.773. The lowest BCUT2D eigenvalue weighted by molar-refractivity contribution is -0.137. The first kappa shape index (κ1) is 20.9. The topological polar surface area (TPSA) is 90.6 Å². The first-order valence-corrected chi connectivity index (χ1v) is 9.59. The molecule has 0 aliphatic heterocycles. The Morgan fingerprint density at radius 2 is 1.89 bits per heavy atom. The zero-order valence-corrected chi connectivity index (χ0v) is 16.1. The largest absolute Gasteiger partial charge is 0.493 e. The Morgan fingerprint density at radius 1 is 1.15 bits per heavy atom. The van der Waals surface area contributed by atoms with Crippen molar-refractivity contribution >= 4 is 22.5 Å². The highest BCUT2D eigenvalue weighted by Crippen LogP contribution is 2.31. The highest BCUT2D eigenvalue weighted by molar-refractivity contribution is 6.12. The maximum atomic E-state index is 10.6. The Labute approximate surface area is 160 Å². The molecule has 0 saturated heterocycles. The Bertz CT molecular complexity index is 787. The van der Waals surface area contributed by atoms with Gasteiger partial charge < -0.3 is 20.4 Å². The van der Waals surface area contributed by atoms with E-state index in [-0.39, 0.29) is 12.3 Å². The molecule has 5 heteroatoms. The number of aliphatic carboxylic acids is 1. The third-order valence-electron chi connectivity index (χ3n) is 4.90. The molecular formula is C22H29NO4. The van der Waals surface area contributed by atoms with Crippen LogP contribution in [0.4, 0.5) is 0 Å². The number of ether oxygens (including phenoxy) is 1. The summed E-state index contributed by atoms with van der Waals surface area (Å²) in [5.41, 5.74) is 1.11. The second-order valence-electron chi connectivity index (χ2n) is 6.89. The Hall–Kier alpha value is -2.40. The minimum absolute atomic E-state index is 0.179. The van der Waals surface area contributed by atoms with Gasteiger partial charge in [-0.15, -0.1) is 0 Å². The van der Waals surface area contributed by atoms with Gasteiger partial charge in [0.25, 0.3) is 0 Å². The predicted octanol–water partition coefficient (Wildman–Crippen LogP) is 4.64. The number of unbranched alkanes of at least 4 members (excludes halogenated alkanes) is 2. The van der Waals surface area contributed by atoms with Crippen molar-refractivity contribution in [2.45, 2.75) is 52.1 Å². The number of benzene rings is 2. The van der Waals surface area contributed by atoms with Crippen molar-refractivity contribution in [3.63, 3.8) is 0 Å². The molecule has 0 fully saturated rings. The summed E-state index contributed by atoms with van der Waals surface area (Å²) in [6, 6.07) is 11.7. The molecule has 27 heavy (non-hydrogen) atoms. The predicted molar refractivity (Wildman–Crippen MR) is 108 cm³/mol. The second kappa shape index (κ2) is 10.1. The highest BCUT2D eigenvalue weighted by Gasteiger charge is 2.23. The molecule has 0 heterocycles. The van der Waals surface area contributed by atoms with Crippen molar-refractivity contribution in [2.75, 3.05) is 6.61 Å². The molecule has 0 aliphatic carbocycles. The molecule has 0 spiro atoms. The van der Waals surface area contributed by atoms with E-state index in [2.05, 4.69) is 0 Å². The molecule has 3 N–H and O–H groups in total. The van der Waals surface area contributed by atoms with Crippen LogP contribution >= 0.6 is 0 Å². The fourth-order valence-corrected chi connectivity index (χ4v) is 3.16. The number of carboxylic acid groups (broad SMARTS) is 1. The van der Waals surface area contributed by atoms with Gasteiger partial charge in [0.2, 0.25) is 0 Å². The van der Waals surface area contributed by atoms with Gasteiger partial charge in [-0.25, -0.2) is 0 Å². The molecule has 5 nitrogen and oxygen atoms in total. The van der Waals surface area contributed by atoms with Crippen molar-refractivity contribution in [3.8, 4) is 5.75 Å². The van der Waals surface area contributed by atoms with Crippen molar-refractivity contribution in [3.05, 3.63) is 42.0 Å². The van der Waals surface area contributed by atoms with Gasteiger partial charge in [-0.3, -0.25) is 4.79 Å². The second-order valence-corrected chi connectivity index (χ2v) is 6.89. The smallest absolute Gasteiger partial charge is 0.303 e. The van der Waals surface area contributed by atoms with E-state index in [0.717, 1.165) is 29.2 Å². The van der Waals surface area contributed by atoms with Crippen LogP contribution in [0.5, 0.6) is 5.75 Å². The Kier molecular flexibility index (Phi) is 7.80. The number of fused-ring (bicyclic) bond motifs is 1. The van der Waals surface area contributed by atoms with Crippen molar-refractivity contribution in [2.24, 2.45) is 5.92 Å². The molecule has 0 radical (unpaired) electrons. The van der Waals surface area contributed by atoms with Gasteiger partial charge in [0, 0.05) is 23.6 Å². The third kappa shape index (κ3) is 5.54. The molecular weight excluding hydrogens is 342 g/mol. The number of aliphatic hydroxyl groups excluding tert-OH is 1. The standard InChI is InChI=1S/C22H29NO4/c1-3-18(24)15(2)22(23)21-17-10-7-6-9-16(17)12-13-19(21)27-14-8-4-5-11-20(25)26/h6-7,9-10,12-13,15,18,23-24H,3-5,8,11,14H2,1-2H3,(H,25,26). The summed E-state index contributed by atoms with van der Waals surface area (Å²) < 4.78 is 5.97. The van der Waals surface area contributed by atoms with E-state index < -0.39 is 12.1 Å². The molecule has 0 saturated carbocycles. The maximum absolute atomic E-state index is 10.6. The van der Waals surface area contributed by atoms with E-state index >= 15 is 0 Å². The van der Waals surface area contributed by atoms with Crippen LogP contribution in [0.1, 0.15) is 51.5 Å². The summed E-state index contributed by atoms with van der Waals surface area (Å²) in [7, 11) is 0. The van der Waals surface area contributed by atoms with E-state index in [0.29, 0.717) is 30.9 Å². The molecule has 146 valence electrons. The normalized spacial score (nSPS) is 13.3. The number of hydrogen-bond acceptors (Lipinski definition) is 4. The number of carboxylic acids is 1. The fraction of sp³-hybridized carbons (Fsp3) is 0.455. The van der Waals surface area contributed by atoms with Gasteiger partial charge in [0.15, 0.2) is 0 Å². The summed E-state index contributed by atoms with van der Waals surface area (Å²) in [6.45, 7) is 4.25. The molecule has 0 aromatic heterocycles. The number of aliphatic hydroxyl groups is 1. The molecule has 2 unspecified atom stereocenters. The molecule has 0 bridgehead atoms. The number of rotatable bonds is 11. The van der Waals surface area contributed by atoms with Crippen LogP contribution in [0, 0.1) is 11.3 Å². The summed E-state index contributed by atoms with van der Waals surface area (Å²) in [5, 5.41) is 29.6. The third-order valence-corrected chi connectivity index (χ3v) is 4.90. The first-order chi connectivity index (χ1) is 13.0. The maximum Gasteiger partial charge on any atom is 0.303 e. The summed E-state index contributed by atoms with van der Waals surface area (Å²) in [5.74, 6) is -0.421. The average Bonchev–Trinajstić information content (AvgIpc) is 2.68. The molecule has 2 aromatic carbocycles. The fourth-order valence-electron chi connectivity index (χ4n) is 3.16. The Balaban J connectivity index is 2.20. The van der Waals surface area contributed by atoms with Crippen LogP contribution in [0.15, 0.2) is 36.4 Å². The van der Waals surface area contributed by atoms with E-state index in [1.807, 2.05) is 50.2 Å². The zero-order chi connectivity index (χ0) is 19.8. The van der Waals surface area contributed by atoms with Gasteiger partial charge in [-0.1, -0.05) is 44.2 Å². The average molecular weight is 371 g/mol. The quantitative estimate of drug-likeness (QED) is 0.396. The van der Waals surface area contributed by atoms with E-state index in [1.54, 1.807) is 0 Å².